The minimum absolute atomic E-state index is 0.452. The van der Waals surface area contributed by atoms with E-state index in [0.717, 1.165) is 11.3 Å². The molecule has 3 nitrogen and oxygen atoms in total. The van der Waals surface area contributed by atoms with Crippen molar-refractivity contribution in [2.45, 2.75) is 6.54 Å². The van der Waals surface area contributed by atoms with Crippen molar-refractivity contribution in [3.63, 3.8) is 0 Å². The third kappa shape index (κ3) is 2.68. The van der Waals surface area contributed by atoms with Gasteiger partial charge in [0.2, 0.25) is 0 Å². The molecule has 1 aromatic heterocycles. The standard InChI is InChI=1S/C10H9ClN2OS/c11-9-6-15-10(13-9)14-8-3-1-7(5-12)2-4-8/h1-4,6H,5,12H2. The van der Waals surface area contributed by atoms with E-state index in [-0.39, 0.29) is 0 Å². The Balaban J connectivity index is 2.11. The summed E-state index contributed by atoms with van der Waals surface area (Å²) >= 11 is 7.04. The van der Waals surface area contributed by atoms with Crippen LogP contribution in [0.15, 0.2) is 29.6 Å². The van der Waals surface area contributed by atoms with Crippen molar-refractivity contribution in [2.75, 3.05) is 0 Å². The van der Waals surface area contributed by atoms with Crippen LogP contribution in [0.2, 0.25) is 5.15 Å². The molecule has 0 radical (unpaired) electrons. The number of rotatable bonds is 3. The molecule has 1 aromatic carbocycles. The summed E-state index contributed by atoms with van der Waals surface area (Å²) in [4.78, 5) is 3.99. The summed E-state index contributed by atoms with van der Waals surface area (Å²) in [6.07, 6.45) is 0. The van der Waals surface area contributed by atoms with Crippen molar-refractivity contribution < 1.29 is 4.74 Å². The van der Waals surface area contributed by atoms with Gasteiger partial charge in [0.1, 0.15) is 10.9 Å². The molecular weight excluding hydrogens is 232 g/mol. The molecule has 0 aliphatic carbocycles. The Labute approximate surface area is 96.5 Å². The van der Waals surface area contributed by atoms with E-state index in [1.807, 2.05) is 24.3 Å². The molecule has 2 rings (SSSR count). The molecule has 0 unspecified atom stereocenters. The monoisotopic (exact) mass is 240 g/mol. The number of hydrogen-bond acceptors (Lipinski definition) is 4. The SMILES string of the molecule is NCc1ccc(Oc2nc(Cl)cs2)cc1. The fourth-order valence-electron chi connectivity index (χ4n) is 1.08. The Hall–Kier alpha value is -1.10. The maximum absolute atomic E-state index is 5.68. The average molecular weight is 241 g/mol. The van der Waals surface area contributed by atoms with Gasteiger partial charge in [-0.25, -0.2) is 0 Å². The van der Waals surface area contributed by atoms with E-state index in [2.05, 4.69) is 4.98 Å². The lowest BCUT2D eigenvalue weighted by Gasteiger charge is -2.02. The third-order valence-corrected chi connectivity index (χ3v) is 2.86. The first kappa shape index (κ1) is 10.4. The molecule has 0 aliphatic heterocycles. The summed E-state index contributed by atoms with van der Waals surface area (Å²) in [5.41, 5.74) is 6.56. The number of aromatic nitrogens is 1. The third-order valence-electron chi connectivity index (χ3n) is 1.82. The second-order valence-corrected chi connectivity index (χ2v) is 4.09. The van der Waals surface area contributed by atoms with Crippen LogP contribution in [0.5, 0.6) is 10.9 Å². The molecule has 0 amide bonds. The van der Waals surface area contributed by atoms with Gasteiger partial charge in [0.15, 0.2) is 0 Å². The van der Waals surface area contributed by atoms with Crippen molar-refractivity contribution in [1.29, 1.82) is 0 Å². The van der Waals surface area contributed by atoms with Crippen molar-refractivity contribution in [2.24, 2.45) is 5.73 Å². The van der Waals surface area contributed by atoms with Gasteiger partial charge in [0.25, 0.3) is 5.19 Å². The van der Waals surface area contributed by atoms with E-state index in [1.165, 1.54) is 11.3 Å². The van der Waals surface area contributed by atoms with E-state index >= 15 is 0 Å². The molecule has 0 fully saturated rings. The maximum atomic E-state index is 5.68. The zero-order chi connectivity index (χ0) is 10.7. The normalized spacial score (nSPS) is 10.3. The number of thiazole rings is 1. The second kappa shape index (κ2) is 4.61. The van der Waals surface area contributed by atoms with E-state index in [9.17, 15) is 0 Å². The van der Waals surface area contributed by atoms with Crippen LogP contribution in [0.3, 0.4) is 0 Å². The first-order chi connectivity index (χ1) is 7.28. The van der Waals surface area contributed by atoms with Gasteiger partial charge in [-0.1, -0.05) is 35.1 Å². The first-order valence-electron chi connectivity index (χ1n) is 4.36. The smallest absolute Gasteiger partial charge is 0.280 e. The molecule has 0 bridgehead atoms. The van der Waals surface area contributed by atoms with E-state index in [4.69, 9.17) is 22.1 Å². The highest BCUT2D eigenvalue weighted by Gasteiger charge is 2.02. The maximum Gasteiger partial charge on any atom is 0.280 e. The molecule has 5 heteroatoms. The number of benzene rings is 1. The molecular formula is C10H9ClN2OS. The van der Waals surface area contributed by atoms with Crippen LogP contribution in [0, 0.1) is 0 Å². The van der Waals surface area contributed by atoms with Gasteiger partial charge in [0, 0.05) is 11.9 Å². The molecule has 78 valence electrons. The fraction of sp³-hybridized carbons (Fsp3) is 0.100. The summed E-state index contributed by atoms with van der Waals surface area (Å²) < 4.78 is 5.48. The lowest BCUT2D eigenvalue weighted by Crippen LogP contribution is -1.95. The molecule has 0 atom stereocenters. The van der Waals surface area contributed by atoms with Crippen LogP contribution in [-0.4, -0.2) is 4.98 Å². The van der Waals surface area contributed by atoms with Crippen LogP contribution in [-0.2, 0) is 6.54 Å². The molecule has 0 aliphatic rings. The number of ether oxygens (including phenoxy) is 1. The molecule has 15 heavy (non-hydrogen) atoms. The fourth-order valence-corrected chi connectivity index (χ4v) is 1.89. The highest BCUT2D eigenvalue weighted by atomic mass is 35.5. The van der Waals surface area contributed by atoms with Gasteiger partial charge in [-0.2, -0.15) is 4.98 Å². The Morgan fingerprint density at radius 3 is 2.60 bits per heavy atom. The van der Waals surface area contributed by atoms with Gasteiger partial charge in [-0.3, -0.25) is 0 Å². The van der Waals surface area contributed by atoms with Gasteiger partial charge in [-0.05, 0) is 17.7 Å². The van der Waals surface area contributed by atoms with Crippen LogP contribution in [0.25, 0.3) is 0 Å². The predicted octanol–water partition coefficient (Wildman–Crippen LogP) is 3.05. The van der Waals surface area contributed by atoms with E-state index in [0.29, 0.717) is 16.9 Å². The second-order valence-electron chi connectivity index (χ2n) is 2.89. The molecule has 0 spiro atoms. The Kier molecular flexibility index (Phi) is 3.20. The quantitative estimate of drug-likeness (QED) is 0.897. The zero-order valence-electron chi connectivity index (χ0n) is 7.81. The zero-order valence-corrected chi connectivity index (χ0v) is 9.39. The van der Waals surface area contributed by atoms with Gasteiger partial charge in [0.05, 0.1) is 0 Å². The van der Waals surface area contributed by atoms with E-state index in [1.54, 1.807) is 5.38 Å². The summed E-state index contributed by atoms with van der Waals surface area (Å²) in [6.45, 7) is 0.531. The van der Waals surface area contributed by atoms with Gasteiger partial charge < -0.3 is 10.5 Å². The van der Waals surface area contributed by atoms with Crippen LogP contribution >= 0.6 is 22.9 Å². The number of hydrogen-bond donors (Lipinski definition) is 1. The minimum Gasteiger partial charge on any atom is -0.431 e. The van der Waals surface area contributed by atoms with E-state index < -0.39 is 0 Å². The van der Waals surface area contributed by atoms with Crippen molar-refractivity contribution in [3.8, 4) is 10.9 Å². The van der Waals surface area contributed by atoms with Gasteiger partial charge >= 0.3 is 0 Å². The summed E-state index contributed by atoms with van der Waals surface area (Å²) in [5.74, 6) is 0.734. The highest BCUT2D eigenvalue weighted by molar-refractivity contribution is 7.11. The lowest BCUT2D eigenvalue weighted by atomic mass is 10.2. The van der Waals surface area contributed by atoms with Crippen molar-refractivity contribution in [3.05, 3.63) is 40.4 Å². The van der Waals surface area contributed by atoms with Crippen LogP contribution in [0.4, 0.5) is 0 Å². The summed E-state index contributed by atoms with van der Waals surface area (Å²) in [7, 11) is 0. The van der Waals surface area contributed by atoms with Crippen LogP contribution in [0.1, 0.15) is 5.56 Å². The Morgan fingerprint density at radius 1 is 1.33 bits per heavy atom. The number of nitrogens with two attached hydrogens (primary N) is 1. The molecule has 2 N–H and O–H groups in total. The minimum atomic E-state index is 0.452. The highest BCUT2D eigenvalue weighted by Crippen LogP contribution is 2.26. The molecule has 0 saturated heterocycles. The number of halogens is 1. The molecule has 0 saturated carbocycles. The van der Waals surface area contributed by atoms with Crippen molar-refractivity contribution in [1.82, 2.24) is 4.98 Å². The predicted molar refractivity (Wildman–Crippen MR) is 61.5 cm³/mol. The van der Waals surface area contributed by atoms with Gasteiger partial charge in [-0.15, -0.1) is 0 Å². The Bertz CT molecular complexity index is 441. The lowest BCUT2D eigenvalue weighted by molar-refractivity contribution is 0.478. The van der Waals surface area contributed by atoms with Crippen molar-refractivity contribution >= 4 is 22.9 Å². The average Bonchev–Trinajstić information content (AvgIpc) is 2.65. The van der Waals surface area contributed by atoms with Crippen LogP contribution < -0.4 is 10.5 Å². The summed E-state index contributed by atoms with van der Waals surface area (Å²) in [6, 6.07) is 7.56. The molecule has 1 heterocycles. The topological polar surface area (TPSA) is 48.1 Å². The number of nitrogens with zero attached hydrogens (tertiary/aromatic N) is 1. The summed E-state index contributed by atoms with van der Waals surface area (Å²) in [5, 5.41) is 2.72. The molecule has 2 aromatic rings. The first-order valence-corrected chi connectivity index (χ1v) is 5.61. The Morgan fingerprint density at radius 2 is 2.07 bits per heavy atom. The largest absolute Gasteiger partial charge is 0.431 e.